The zero-order valence-electron chi connectivity index (χ0n) is 8.12. The average Bonchev–Trinajstić information content (AvgIpc) is 2.17. The summed E-state index contributed by atoms with van der Waals surface area (Å²) >= 11 is 7.71. The van der Waals surface area contributed by atoms with Crippen molar-refractivity contribution in [3.63, 3.8) is 0 Å². The number of halogens is 1. The van der Waals surface area contributed by atoms with E-state index < -0.39 is 0 Å². The highest BCUT2D eigenvalue weighted by Gasteiger charge is 2.24. The van der Waals surface area contributed by atoms with E-state index in [0.29, 0.717) is 6.04 Å². The van der Waals surface area contributed by atoms with Gasteiger partial charge >= 0.3 is 0 Å². The smallest absolute Gasteiger partial charge is 0.240 e. The number of amides is 1. The van der Waals surface area contributed by atoms with Crippen LogP contribution in [0.4, 0.5) is 0 Å². The molecule has 1 aliphatic rings. The number of rotatable bonds is 2. The van der Waals surface area contributed by atoms with E-state index in [9.17, 15) is 4.79 Å². The van der Waals surface area contributed by atoms with Crippen molar-refractivity contribution in [2.45, 2.75) is 31.2 Å². The molecule has 0 saturated carbocycles. The fourth-order valence-corrected chi connectivity index (χ4v) is 2.77. The predicted octanol–water partition coefficient (Wildman–Crippen LogP) is 1.97. The molecule has 2 nitrogen and oxygen atoms in total. The molecule has 0 spiro atoms. The van der Waals surface area contributed by atoms with E-state index in [1.54, 1.807) is 6.92 Å². The SMILES string of the molecule is CC(Cl)C(=O)N(C)C1CCSCC1. The Kier molecular flexibility index (Phi) is 4.39. The van der Waals surface area contributed by atoms with Crippen LogP contribution in [0.25, 0.3) is 0 Å². The van der Waals surface area contributed by atoms with Crippen LogP contribution in [0, 0.1) is 0 Å². The Morgan fingerprint density at radius 3 is 2.54 bits per heavy atom. The fraction of sp³-hybridized carbons (Fsp3) is 0.889. The summed E-state index contributed by atoms with van der Waals surface area (Å²) in [5.74, 6) is 2.39. The molecule has 1 unspecified atom stereocenters. The topological polar surface area (TPSA) is 20.3 Å². The van der Waals surface area contributed by atoms with E-state index in [1.165, 1.54) is 11.5 Å². The van der Waals surface area contributed by atoms with Crippen molar-refractivity contribution in [1.82, 2.24) is 4.90 Å². The molecular weight excluding hydrogens is 206 g/mol. The standard InChI is InChI=1S/C9H16ClNOS/c1-7(10)9(12)11(2)8-3-5-13-6-4-8/h7-8H,3-6H2,1-2H3. The predicted molar refractivity (Wildman–Crippen MR) is 58.4 cm³/mol. The van der Waals surface area contributed by atoms with Crippen LogP contribution >= 0.6 is 23.4 Å². The van der Waals surface area contributed by atoms with E-state index >= 15 is 0 Å². The number of carbonyl (C=O) groups is 1. The maximum Gasteiger partial charge on any atom is 0.240 e. The van der Waals surface area contributed by atoms with Crippen LogP contribution in [-0.4, -0.2) is 40.8 Å². The molecule has 0 aromatic carbocycles. The molecule has 0 aromatic rings. The molecule has 1 aliphatic heterocycles. The second-order valence-corrected chi connectivity index (χ2v) is 5.29. The van der Waals surface area contributed by atoms with Gasteiger partial charge in [0.2, 0.25) is 5.91 Å². The van der Waals surface area contributed by atoms with Crippen LogP contribution in [0.1, 0.15) is 19.8 Å². The van der Waals surface area contributed by atoms with Crippen molar-refractivity contribution in [3.05, 3.63) is 0 Å². The van der Waals surface area contributed by atoms with Gasteiger partial charge in [-0.15, -0.1) is 11.6 Å². The maximum absolute atomic E-state index is 11.5. The lowest BCUT2D eigenvalue weighted by Crippen LogP contribution is -2.42. The largest absolute Gasteiger partial charge is 0.341 e. The molecule has 76 valence electrons. The van der Waals surface area contributed by atoms with Crippen molar-refractivity contribution >= 4 is 29.3 Å². The fourth-order valence-electron chi connectivity index (χ4n) is 1.53. The average molecular weight is 222 g/mol. The number of hydrogen-bond donors (Lipinski definition) is 0. The summed E-state index contributed by atoms with van der Waals surface area (Å²) in [5.41, 5.74) is 0. The van der Waals surface area contributed by atoms with Gasteiger partial charge in [0.1, 0.15) is 5.38 Å². The molecule has 0 aliphatic carbocycles. The number of carbonyl (C=O) groups excluding carboxylic acids is 1. The normalized spacial score (nSPS) is 21.2. The van der Waals surface area contributed by atoms with Crippen molar-refractivity contribution in [3.8, 4) is 0 Å². The highest BCUT2D eigenvalue weighted by atomic mass is 35.5. The van der Waals surface area contributed by atoms with Gasteiger partial charge in [-0.25, -0.2) is 0 Å². The third-order valence-electron chi connectivity index (χ3n) is 2.43. The number of nitrogens with zero attached hydrogens (tertiary/aromatic N) is 1. The van der Waals surface area contributed by atoms with Gasteiger partial charge in [0.05, 0.1) is 0 Å². The lowest BCUT2D eigenvalue weighted by molar-refractivity contribution is -0.131. The number of thioether (sulfide) groups is 1. The molecule has 1 saturated heterocycles. The summed E-state index contributed by atoms with van der Waals surface area (Å²) in [6, 6.07) is 0.412. The van der Waals surface area contributed by atoms with E-state index in [-0.39, 0.29) is 11.3 Å². The van der Waals surface area contributed by atoms with Crippen molar-refractivity contribution < 1.29 is 4.79 Å². The highest BCUT2D eigenvalue weighted by molar-refractivity contribution is 7.99. The minimum atomic E-state index is -0.389. The molecule has 0 aromatic heterocycles. The summed E-state index contributed by atoms with van der Waals surface area (Å²) in [4.78, 5) is 13.3. The van der Waals surface area contributed by atoms with Crippen LogP contribution in [0.5, 0.6) is 0 Å². The quantitative estimate of drug-likeness (QED) is 0.665. The zero-order chi connectivity index (χ0) is 9.84. The van der Waals surface area contributed by atoms with Gasteiger partial charge in [0.15, 0.2) is 0 Å². The first kappa shape index (κ1) is 11.2. The molecule has 1 fully saturated rings. The molecule has 0 radical (unpaired) electrons. The Hall–Kier alpha value is 0.110. The Bertz CT molecular complexity index is 180. The van der Waals surface area contributed by atoms with Crippen LogP contribution in [0.15, 0.2) is 0 Å². The number of hydrogen-bond acceptors (Lipinski definition) is 2. The first-order valence-corrected chi connectivity index (χ1v) is 6.20. The molecule has 13 heavy (non-hydrogen) atoms. The van der Waals surface area contributed by atoms with Gasteiger partial charge in [-0.05, 0) is 31.3 Å². The second-order valence-electron chi connectivity index (χ2n) is 3.41. The monoisotopic (exact) mass is 221 g/mol. The van der Waals surface area contributed by atoms with Crippen LogP contribution < -0.4 is 0 Å². The Morgan fingerprint density at radius 2 is 2.08 bits per heavy atom. The van der Waals surface area contributed by atoms with Gasteiger partial charge in [-0.1, -0.05) is 0 Å². The molecule has 4 heteroatoms. The van der Waals surface area contributed by atoms with Gasteiger partial charge in [0.25, 0.3) is 0 Å². The summed E-state index contributed by atoms with van der Waals surface area (Å²) in [6.45, 7) is 1.73. The molecule has 0 N–H and O–H groups in total. The number of alkyl halides is 1. The molecule has 0 bridgehead atoms. The Labute approximate surface area is 89.0 Å². The molecular formula is C9H16ClNOS. The van der Waals surface area contributed by atoms with Gasteiger partial charge in [0, 0.05) is 13.1 Å². The summed E-state index contributed by atoms with van der Waals surface area (Å²) in [6.07, 6.45) is 2.22. The third-order valence-corrected chi connectivity index (χ3v) is 3.66. The first-order valence-electron chi connectivity index (χ1n) is 4.61. The van der Waals surface area contributed by atoms with Crippen molar-refractivity contribution in [1.29, 1.82) is 0 Å². The summed E-state index contributed by atoms with van der Waals surface area (Å²) < 4.78 is 0. The van der Waals surface area contributed by atoms with E-state index in [2.05, 4.69) is 0 Å². The van der Waals surface area contributed by atoms with Gasteiger partial charge in [-0.2, -0.15) is 11.8 Å². The van der Waals surface area contributed by atoms with Crippen LogP contribution in [0.2, 0.25) is 0 Å². The Balaban J connectivity index is 2.45. The van der Waals surface area contributed by atoms with Crippen molar-refractivity contribution in [2.24, 2.45) is 0 Å². The van der Waals surface area contributed by atoms with Crippen molar-refractivity contribution in [2.75, 3.05) is 18.6 Å². The minimum absolute atomic E-state index is 0.0542. The van der Waals surface area contributed by atoms with Gasteiger partial charge < -0.3 is 4.90 Å². The summed E-state index contributed by atoms with van der Waals surface area (Å²) in [7, 11) is 1.86. The molecule has 1 heterocycles. The third kappa shape index (κ3) is 3.06. The Morgan fingerprint density at radius 1 is 1.54 bits per heavy atom. The van der Waals surface area contributed by atoms with Crippen LogP contribution in [0.3, 0.4) is 0 Å². The second kappa shape index (κ2) is 5.11. The van der Waals surface area contributed by atoms with E-state index in [0.717, 1.165) is 12.8 Å². The zero-order valence-corrected chi connectivity index (χ0v) is 9.70. The van der Waals surface area contributed by atoms with E-state index in [1.807, 2.05) is 23.7 Å². The lowest BCUT2D eigenvalue weighted by atomic mass is 10.1. The van der Waals surface area contributed by atoms with Crippen LogP contribution in [-0.2, 0) is 4.79 Å². The van der Waals surface area contributed by atoms with E-state index in [4.69, 9.17) is 11.6 Å². The highest BCUT2D eigenvalue weighted by Crippen LogP contribution is 2.21. The van der Waals surface area contributed by atoms with Gasteiger partial charge in [-0.3, -0.25) is 4.79 Å². The molecule has 1 amide bonds. The molecule has 1 atom stereocenters. The minimum Gasteiger partial charge on any atom is -0.341 e. The lowest BCUT2D eigenvalue weighted by Gasteiger charge is -2.31. The first-order chi connectivity index (χ1) is 6.13. The maximum atomic E-state index is 11.5. The molecule has 1 rings (SSSR count). The summed E-state index contributed by atoms with van der Waals surface area (Å²) in [5, 5.41) is -0.389.